The van der Waals surface area contributed by atoms with Gasteiger partial charge < -0.3 is 9.47 Å². The van der Waals surface area contributed by atoms with Gasteiger partial charge in [0.2, 0.25) is 5.13 Å². The minimum absolute atomic E-state index is 0.329. The number of fused-ring (bicyclic) bond motifs is 1. The van der Waals surface area contributed by atoms with Gasteiger partial charge in [0.15, 0.2) is 0 Å². The maximum atomic E-state index is 13.2. The fourth-order valence-corrected chi connectivity index (χ4v) is 2.96. The number of anilines is 1. The molecule has 0 radical (unpaired) electrons. The molecule has 0 atom stereocenters. The molecule has 1 heterocycles. The third-order valence-corrected chi connectivity index (χ3v) is 4.22. The number of thiazole rings is 1. The van der Waals surface area contributed by atoms with Gasteiger partial charge in [-0.05, 0) is 30.3 Å². The molecule has 0 spiro atoms. The number of ether oxygens (including phenoxy) is 2. The van der Waals surface area contributed by atoms with E-state index in [-0.39, 0.29) is 11.7 Å². The van der Waals surface area contributed by atoms with E-state index in [1.165, 1.54) is 37.7 Å². The lowest BCUT2D eigenvalue weighted by Crippen LogP contribution is -2.29. The van der Waals surface area contributed by atoms with Gasteiger partial charge in [-0.1, -0.05) is 11.3 Å². The lowest BCUT2D eigenvalue weighted by molar-refractivity contribution is 0.0959. The van der Waals surface area contributed by atoms with Crippen LogP contribution in [0.15, 0.2) is 36.4 Å². The quantitative estimate of drug-likeness (QED) is 0.694. The number of hydrogen-bond donors (Lipinski definition) is 2. The van der Waals surface area contributed by atoms with Gasteiger partial charge in [-0.25, -0.2) is 9.37 Å². The minimum atomic E-state index is -0.389. The summed E-state index contributed by atoms with van der Waals surface area (Å²) in [6.07, 6.45) is 0. The van der Waals surface area contributed by atoms with Crippen LogP contribution in [0.2, 0.25) is 0 Å². The highest BCUT2D eigenvalue weighted by atomic mass is 32.1. The van der Waals surface area contributed by atoms with Crippen molar-refractivity contribution < 1.29 is 18.7 Å². The molecule has 2 N–H and O–H groups in total. The Bertz CT molecular complexity index is 897. The first-order chi connectivity index (χ1) is 11.6. The lowest BCUT2D eigenvalue weighted by atomic mass is 10.2. The van der Waals surface area contributed by atoms with Crippen LogP contribution in [0.4, 0.5) is 9.52 Å². The van der Waals surface area contributed by atoms with Gasteiger partial charge in [-0.15, -0.1) is 0 Å². The summed E-state index contributed by atoms with van der Waals surface area (Å²) in [5.74, 6) is 0.259. The van der Waals surface area contributed by atoms with Crippen LogP contribution in [0.25, 0.3) is 10.2 Å². The molecule has 1 amide bonds. The van der Waals surface area contributed by atoms with Crippen LogP contribution >= 0.6 is 11.3 Å². The molecule has 0 aliphatic rings. The maximum absolute atomic E-state index is 13.2. The summed E-state index contributed by atoms with van der Waals surface area (Å²) in [5, 5.41) is 0.455. The highest BCUT2D eigenvalue weighted by molar-refractivity contribution is 7.22. The normalized spacial score (nSPS) is 10.5. The van der Waals surface area contributed by atoms with Crippen molar-refractivity contribution in [3.8, 4) is 11.5 Å². The van der Waals surface area contributed by atoms with Crippen molar-refractivity contribution >= 4 is 32.6 Å². The summed E-state index contributed by atoms with van der Waals surface area (Å²) in [7, 11) is 3.01. The highest BCUT2D eigenvalue weighted by Crippen LogP contribution is 2.27. The van der Waals surface area contributed by atoms with Gasteiger partial charge in [0.05, 0.1) is 30.0 Å². The summed E-state index contributed by atoms with van der Waals surface area (Å²) < 4.78 is 24.2. The van der Waals surface area contributed by atoms with Gasteiger partial charge in [0.1, 0.15) is 17.3 Å². The molecule has 2 aromatic carbocycles. The van der Waals surface area contributed by atoms with E-state index < -0.39 is 0 Å². The number of nitrogens with one attached hydrogen (secondary N) is 2. The summed E-state index contributed by atoms with van der Waals surface area (Å²) in [5.41, 5.74) is 6.28. The molecule has 124 valence electrons. The molecule has 3 rings (SSSR count). The summed E-state index contributed by atoms with van der Waals surface area (Å²) in [6.45, 7) is 0. The molecule has 0 fully saturated rings. The Balaban J connectivity index is 1.74. The molecule has 6 nitrogen and oxygen atoms in total. The fraction of sp³-hybridized carbons (Fsp3) is 0.125. The SMILES string of the molecule is COc1ccc(C(=O)NNc2nc3ccc(F)cc3s2)c(OC)c1. The zero-order valence-electron chi connectivity index (χ0n) is 12.9. The van der Waals surface area contributed by atoms with Crippen molar-refractivity contribution in [1.29, 1.82) is 0 Å². The highest BCUT2D eigenvalue weighted by Gasteiger charge is 2.14. The molecule has 0 aliphatic heterocycles. The molecule has 3 aromatic rings. The largest absolute Gasteiger partial charge is 0.497 e. The third-order valence-electron chi connectivity index (χ3n) is 3.29. The number of aromatic nitrogens is 1. The number of nitrogens with zero attached hydrogens (tertiary/aromatic N) is 1. The van der Waals surface area contributed by atoms with Crippen LogP contribution in [-0.4, -0.2) is 25.1 Å². The van der Waals surface area contributed by atoms with Crippen molar-refractivity contribution in [1.82, 2.24) is 10.4 Å². The van der Waals surface area contributed by atoms with Crippen molar-refractivity contribution in [2.75, 3.05) is 19.6 Å². The molecule has 0 bridgehead atoms. The van der Waals surface area contributed by atoms with E-state index in [1.54, 1.807) is 24.3 Å². The van der Waals surface area contributed by atoms with Crippen molar-refractivity contribution in [3.05, 3.63) is 47.8 Å². The number of carbonyl (C=O) groups is 1. The van der Waals surface area contributed by atoms with E-state index in [4.69, 9.17) is 9.47 Å². The van der Waals surface area contributed by atoms with E-state index in [0.717, 1.165) is 0 Å². The van der Waals surface area contributed by atoms with Crippen molar-refractivity contribution in [2.24, 2.45) is 0 Å². The van der Waals surface area contributed by atoms with Crippen molar-refractivity contribution in [3.63, 3.8) is 0 Å². The monoisotopic (exact) mass is 347 g/mol. The average Bonchev–Trinajstić information content (AvgIpc) is 3.00. The Morgan fingerprint density at radius 1 is 1.17 bits per heavy atom. The zero-order valence-corrected chi connectivity index (χ0v) is 13.7. The first-order valence-corrected chi connectivity index (χ1v) is 7.77. The predicted octanol–water partition coefficient (Wildman–Crippen LogP) is 3.21. The van der Waals surface area contributed by atoms with Crippen LogP contribution in [0, 0.1) is 5.82 Å². The van der Waals surface area contributed by atoms with Crippen LogP contribution in [0.3, 0.4) is 0 Å². The molecule has 0 saturated carbocycles. The van der Waals surface area contributed by atoms with E-state index >= 15 is 0 Å². The van der Waals surface area contributed by atoms with Gasteiger partial charge in [-0.3, -0.25) is 15.6 Å². The second-order valence-corrected chi connectivity index (χ2v) is 5.81. The third kappa shape index (κ3) is 3.23. The van der Waals surface area contributed by atoms with Gasteiger partial charge in [-0.2, -0.15) is 0 Å². The summed E-state index contributed by atoms with van der Waals surface area (Å²) in [6, 6.07) is 9.20. The Kier molecular flexibility index (Phi) is 4.48. The van der Waals surface area contributed by atoms with Gasteiger partial charge in [0, 0.05) is 6.07 Å². The molecule has 0 unspecified atom stereocenters. The molecule has 24 heavy (non-hydrogen) atoms. The number of hydrazine groups is 1. The number of benzene rings is 2. The smallest absolute Gasteiger partial charge is 0.273 e. The standard InChI is InChI=1S/C16H14FN3O3S/c1-22-10-4-5-11(13(8-10)23-2)15(21)19-20-16-18-12-6-3-9(17)7-14(12)24-16/h3-8H,1-2H3,(H,18,20)(H,19,21). The van der Waals surface area contributed by atoms with Crippen LogP contribution in [-0.2, 0) is 0 Å². The van der Waals surface area contributed by atoms with Crippen LogP contribution in [0.1, 0.15) is 10.4 Å². The number of halogens is 1. The van der Waals surface area contributed by atoms with E-state index in [9.17, 15) is 9.18 Å². The topological polar surface area (TPSA) is 72.5 Å². The van der Waals surface area contributed by atoms with Crippen LogP contribution < -0.4 is 20.3 Å². The first-order valence-electron chi connectivity index (χ1n) is 6.95. The molecule has 0 saturated heterocycles. The average molecular weight is 347 g/mol. The number of amides is 1. The zero-order chi connectivity index (χ0) is 17.1. The predicted molar refractivity (Wildman–Crippen MR) is 90.2 cm³/mol. The minimum Gasteiger partial charge on any atom is -0.497 e. The lowest BCUT2D eigenvalue weighted by Gasteiger charge is -2.10. The number of rotatable bonds is 5. The first kappa shape index (κ1) is 16.0. The number of hydrogen-bond acceptors (Lipinski definition) is 6. The van der Waals surface area contributed by atoms with E-state index in [2.05, 4.69) is 15.8 Å². The van der Waals surface area contributed by atoms with E-state index in [0.29, 0.717) is 32.4 Å². The molecule has 1 aromatic heterocycles. The number of methoxy groups -OCH3 is 2. The molecular formula is C16H14FN3O3S. The second-order valence-electron chi connectivity index (χ2n) is 4.78. The van der Waals surface area contributed by atoms with Crippen LogP contribution in [0.5, 0.6) is 11.5 Å². The Morgan fingerprint density at radius 2 is 2.00 bits per heavy atom. The van der Waals surface area contributed by atoms with Gasteiger partial charge in [0.25, 0.3) is 5.91 Å². The molecular weight excluding hydrogens is 333 g/mol. The maximum Gasteiger partial charge on any atom is 0.273 e. The summed E-state index contributed by atoms with van der Waals surface area (Å²) >= 11 is 1.24. The van der Waals surface area contributed by atoms with Gasteiger partial charge >= 0.3 is 0 Å². The van der Waals surface area contributed by atoms with Crippen molar-refractivity contribution in [2.45, 2.75) is 0 Å². The second kappa shape index (κ2) is 6.71. The Labute approximate surface area is 141 Å². The fourth-order valence-electron chi connectivity index (χ4n) is 2.12. The molecule has 0 aliphatic carbocycles. The Hall–Kier alpha value is -2.87. The molecule has 8 heteroatoms. The number of carbonyl (C=O) groups excluding carboxylic acids is 1. The van der Waals surface area contributed by atoms with E-state index in [1.807, 2.05) is 0 Å². The Morgan fingerprint density at radius 3 is 2.75 bits per heavy atom. The summed E-state index contributed by atoms with van der Waals surface area (Å²) in [4.78, 5) is 16.6.